The van der Waals surface area contributed by atoms with Crippen LogP contribution in [0.2, 0.25) is 0 Å². The predicted octanol–water partition coefficient (Wildman–Crippen LogP) is 8.06. The molecule has 0 unspecified atom stereocenters. The van der Waals surface area contributed by atoms with Gasteiger partial charge >= 0.3 is 0 Å². The molecule has 164 valence electrons. The summed E-state index contributed by atoms with van der Waals surface area (Å²) in [5, 5.41) is 3.58. The molecule has 0 saturated heterocycles. The molecule has 5 aromatic carbocycles. The quantitative estimate of drug-likeness (QED) is 0.274. The van der Waals surface area contributed by atoms with Crippen LogP contribution in [-0.4, -0.2) is 14.5 Å². The Kier molecular flexibility index (Phi) is 4.46. The SMILES string of the molecule is c1ccc(-c2nc(-c3ccc(-n4c5ccccc5c5ccccc54)cc3)nc3ccccc23)cc1. The third kappa shape index (κ3) is 3.21. The Hall–Kier alpha value is -4.76. The molecule has 0 aliphatic carbocycles. The van der Waals surface area contributed by atoms with Gasteiger partial charge in [-0.2, -0.15) is 0 Å². The number of fused-ring (bicyclic) bond motifs is 4. The Morgan fingerprint density at radius 1 is 0.429 bits per heavy atom. The Bertz CT molecular complexity index is 1780. The van der Waals surface area contributed by atoms with Gasteiger partial charge in [-0.15, -0.1) is 0 Å². The summed E-state index contributed by atoms with van der Waals surface area (Å²) >= 11 is 0. The molecule has 0 fully saturated rings. The topological polar surface area (TPSA) is 30.7 Å². The van der Waals surface area contributed by atoms with Gasteiger partial charge in [0.2, 0.25) is 0 Å². The maximum Gasteiger partial charge on any atom is 0.160 e. The summed E-state index contributed by atoms with van der Waals surface area (Å²) in [4.78, 5) is 9.92. The van der Waals surface area contributed by atoms with Gasteiger partial charge in [0.05, 0.1) is 22.2 Å². The third-order valence-corrected chi connectivity index (χ3v) is 6.61. The number of rotatable bonds is 3. The number of nitrogens with zero attached hydrogens (tertiary/aromatic N) is 3. The van der Waals surface area contributed by atoms with Crippen molar-refractivity contribution in [2.75, 3.05) is 0 Å². The highest BCUT2D eigenvalue weighted by atomic mass is 15.0. The van der Waals surface area contributed by atoms with Crippen LogP contribution in [0.5, 0.6) is 0 Å². The van der Waals surface area contributed by atoms with E-state index < -0.39 is 0 Å². The van der Waals surface area contributed by atoms with Crippen molar-refractivity contribution >= 4 is 32.7 Å². The van der Waals surface area contributed by atoms with Crippen LogP contribution in [0.3, 0.4) is 0 Å². The van der Waals surface area contributed by atoms with Gasteiger partial charge in [-0.25, -0.2) is 9.97 Å². The van der Waals surface area contributed by atoms with E-state index in [1.165, 1.54) is 21.8 Å². The van der Waals surface area contributed by atoms with Crippen molar-refractivity contribution in [2.45, 2.75) is 0 Å². The first kappa shape index (κ1) is 19.7. The molecule has 0 aliphatic heterocycles. The zero-order chi connectivity index (χ0) is 23.2. The van der Waals surface area contributed by atoms with Crippen LogP contribution >= 0.6 is 0 Å². The second-order valence-corrected chi connectivity index (χ2v) is 8.70. The van der Waals surface area contributed by atoms with Crippen molar-refractivity contribution < 1.29 is 0 Å². The lowest BCUT2D eigenvalue weighted by Gasteiger charge is -2.11. The third-order valence-electron chi connectivity index (χ3n) is 6.61. The van der Waals surface area contributed by atoms with Gasteiger partial charge in [-0.3, -0.25) is 0 Å². The van der Waals surface area contributed by atoms with Gasteiger partial charge in [-0.1, -0.05) is 84.9 Å². The molecule has 7 rings (SSSR count). The van der Waals surface area contributed by atoms with Crippen molar-refractivity contribution in [2.24, 2.45) is 0 Å². The van der Waals surface area contributed by atoms with Crippen molar-refractivity contribution in [3.63, 3.8) is 0 Å². The summed E-state index contributed by atoms with van der Waals surface area (Å²) in [6.07, 6.45) is 0. The van der Waals surface area contributed by atoms with Gasteiger partial charge in [0.1, 0.15) is 0 Å². The fourth-order valence-electron chi connectivity index (χ4n) is 4.98. The van der Waals surface area contributed by atoms with Gasteiger partial charge in [0.25, 0.3) is 0 Å². The first-order valence-corrected chi connectivity index (χ1v) is 11.8. The van der Waals surface area contributed by atoms with E-state index in [9.17, 15) is 0 Å². The second kappa shape index (κ2) is 7.93. The van der Waals surface area contributed by atoms with Crippen LogP contribution in [-0.2, 0) is 0 Å². The van der Waals surface area contributed by atoms with Crippen molar-refractivity contribution in [1.29, 1.82) is 0 Å². The minimum Gasteiger partial charge on any atom is -0.309 e. The van der Waals surface area contributed by atoms with Crippen molar-refractivity contribution in [3.05, 3.63) is 127 Å². The van der Waals surface area contributed by atoms with Gasteiger partial charge in [-0.05, 0) is 42.5 Å². The molecule has 0 atom stereocenters. The second-order valence-electron chi connectivity index (χ2n) is 8.70. The van der Waals surface area contributed by atoms with Crippen molar-refractivity contribution in [3.8, 4) is 28.3 Å². The molecule has 0 saturated carbocycles. The molecule has 2 heterocycles. The fourth-order valence-corrected chi connectivity index (χ4v) is 4.98. The molecule has 3 heteroatoms. The molecule has 7 aromatic rings. The lowest BCUT2D eigenvalue weighted by Crippen LogP contribution is -1.96. The van der Waals surface area contributed by atoms with E-state index in [1.54, 1.807) is 0 Å². The standard InChI is InChI=1S/C32H21N3/c1-2-10-22(11-3-1)31-27-14-4-7-15-28(27)33-32(34-31)23-18-20-24(21-19-23)35-29-16-8-5-12-25(29)26-13-6-9-17-30(26)35/h1-21H. The zero-order valence-electron chi connectivity index (χ0n) is 19.0. The lowest BCUT2D eigenvalue weighted by atomic mass is 10.1. The van der Waals surface area contributed by atoms with E-state index in [-0.39, 0.29) is 0 Å². The summed E-state index contributed by atoms with van der Waals surface area (Å²) in [6, 6.07) is 44.3. The van der Waals surface area contributed by atoms with Gasteiger partial charge < -0.3 is 4.57 Å². The average Bonchev–Trinajstić information content (AvgIpc) is 3.27. The van der Waals surface area contributed by atoms with Gasteiger partial charge in [0, 0.05) is 33.0 Å². The Morgan fingerprint density at radius 3 is 1.69 bits per heavy atom. The number of para-hydroxylation sites is 3. The molecular formula is C32H21N3. The van der Waals surface area contributed by atoms with Crippen LogP contribution < -0.4 is 0 Å². The maximum atomic E-state index is 5.02. The molecule has 0 aliphatic rings. The highest BCUT2D eigenvalue weighted by Gasteiger charge is 2.13. The largest absolute Gasteiger partial charge is 0.309 e. The van der Waals surface area contributed by atoms with Gasteiger partial charge in [0.15, 0.2) is 5.82 Å². The molecule has 2 aromatic heterocycles. The number of benzene rings is 5. The number of hydrogen-bond acceptors (Lipinski definition) is 2. The molecular weight excluding hydrogens is 426 g/mol. The highest BCUT2D eigenvalue weighted by Crippen LogP contribution is 2.33. The summed E-state index contributed by atoms with van der Waals surface area (Å²) in [7, 11) is 0. The summed E-state index contributed by atoms with van der Waals surface area (Å²) in [5.41, 5.74) is 7.52. The summed E-state index contributed by atoms with van der Waals surface area (Å²) in [5.74, 6) is 0.733. The predicted molar refractivity (Wildman–Crippen MR) is 145 cm³/mol. The molecule has 0 amide bonds. The van der Waals surface area contributed by atoms with Crippen LogP contribution in [0.15, 0.2) is 127 Å². The monoisotopic (exact) mass is 447 g/mol. The minimum atomic E-state index is 0.733. The smallest absolute Gasteiger partial charge is 0.160 e. The Morgan fingerprint density at radius 2 is 1.00 bits per heavy atom. The zero-order valence-corrected chi connectivity index (χ0v) is 19.0. The first-order valence-electron chi connectivity index (χ1n) is 11.8. The average molecular weight is 448 g/mol. The van der Waals surface area contributed by atoms with E-state index in [4.69, 9.17) is 9.97 Å². The first-order chi connectivity index (χ1) is 17.4. The normalized spacial score (nSPS) is 11.4. The molecule has 0 spiro atoms. The van der Waals surface area contributed by atoms with E-state index in [0.717, 1.165) is 39.2 Å². The maximum absolute atomic E-state index is 5.02. The lowest BCUT2D eigenvalue weighted by molar-refractivity contribution is 1.17. The molecule has 0 radical (unpaired) electrons. The van der Waals surface area contributed by atoms with Crippen LogP contribution in [0.4, 0.5) is 0 Å². The van der Waals surface area contributed by atoms with Crippen LogP contribution in [0, 0.1) is 0 Å². The number of aromatic nitrogens is 3. The van der Waals surface area contributed by atoms with Crippen LogP contribution in [0.1, 0.15) is 0 Å². The molecule has 0 N–H and O–H groups in total. The highest BCUT2D eigenvalue weighted by molar-refractivity contribution is 6.09. The van der Waals surface area contributed by atoms with Crippen molar-refractivity contribution in [1.82, 2.24) is 14.5 Å². The van der Waals surface area contributed by atoms with E-state index in [1.807, 2.05) is 30.3 Å². The fraction of sp³-hybridized carbons (Fsp3) is 0. The summed E-state index contributed by atoms with van der Waals surface area (Å²) in [6.45, 7) is 0. The van der Waals surface area contributed by atoms with E-state index >= 15 is 0 Å². The summed E-state index contributed by atoms with van der Waals surface area (Å²) < 4.78 is 2.32. The molecule has 35 heavy (non-hydrogen) atoms. The minimum absolute atomic E-state index is 0.733. The molecule has 3 nitrogen and oxygen atoms in total. The Balaban J connectivity index is 1.39. The Labute approximate surface area is 203 Å². The number of hydrogen-bond donors (Lipinski definition) is 0. The van der Waals surface area contributed by atoms with E-state index in [0.29, 0.717) is 0 Å². The van der Waals surface area contributed by atoms with E-state index in [2.05, 4.69) is 102 Å². The molecule has 0 bridgehead atoms. The van der Waals surface area contributed by atoms with Crippen LogP contribution in [0.25, 0.3) is 61.0 Å².